The second kappa shape index (κ2) is 3.49. The Morgan fingerprint density at radius 1 is 1.50 bits per heavy atom. The molecular weight excluding hydrogens is 182 g/mol. The number of H-pyrrole nitrogens is 1. The highest BCUT2D eigenvalue weighted by molar-refractivity contribution is 5.80. The van der Waals surface area contributed by atoms with Crippen molar-refractivity contribution in [1.29, 1.82) is 0 Å². The minimum atomic E-state index is 0.188. The van der Waals surface area contributed by atoms with E-state index in [9.17, 15) is 0 Å². The molecule has 2 aromatic rings. The van der Waals surface area contributed by atoms with Gasteiger partial charge >= 0.3 is 0 Å². The summed E-state index contributed by atoms with van der Waals surface area (Å²) >= 11 is 0. The third-order valence-electron chi connectivity index (χ3n) is 1.73. The summed E-state index contributed by atoms with van der Waals surface area (Å²) in [4.78, 5) is 7.97. The first kappa shape index (κ1) is 8.74. The Morgan fingerprint density at radius 3 is 3.14 bits per heavy atom. The van der Waals surface area contributed by atoms with Gasteiger partial charge in [0, 0.05) is 0 Å². The quantitative estimate of drug-likeness (QED) is 0.749. The summed E-state index contributed by atoms with van der Waals surface area (Å²) in [6.45, 7) is 2.63. The molecular formula is C8H11N5O. The Bertz CT molecular complexity index is 438. The molecule has 0 bridgehead atoms. The van der Waals surface area contributed by atoms with E-state index < -0.39 is 0 Å². The molecule has 0 aromatic carbocycles. The highest BCUT2D eigenvalue weighted by Crippen LogP contribution is 2.20. The molecule has 6 nitrogen and oxygen atoms in total. The zero-order valence-corrected chi connectivity index (χ0v) is 7.82. The monoisotopic (exact) mass is 193 g/mol. The van der Waals surface area contributed by atoms with Crippen molar-refractivity contribution in [2.45, 2.75) is 13.3 Å². The lowest BCUT2D eigenvalue weighted by molar-refractivity contribution is 0.309. The van der Waals surface area contributed by atoms with Crippen LogP contribution in [-0.4, -0.2) is 26.8 Å². The Morgan fingerprint density at radius 2 is 2.36 bits per heavy atom. The Kier molecular flexibility index (Phi) is 2.18. The van der Waals surface area contributed by atoms with Gasteiger partial charge in [0.1, 0.15) is 5.39 Å². The molecule has 0 aliphatic carbocycles. The first-order valence-electron chi connectivity index (χ1n) is 4.40. The Balaban J connectivity index is 2.44. The van der Waals surface area contributed by atoms with Crippen LogP contribution in [-0.2, 0) is 0 Å². The maximum Gasteiger partial charge on any atom is 0.229 e. The molecule has 3 N–H and O–H groups in total. The van der Waals surface area contributed by atoms with Crippen molar-refractivity contribution in [3.63, 3.8) is 0 Å². The number of hydrogen-bond acceptors (Lipinski definition) is 5. The van der Waals surface area contributed by atoms with Crippen LogP contribution >= 0.6 is 0 Å². The van der Waals surface area contributed by atoms with Crippen LogP contribution in [0.25, 0.3) is 11.0 Å². The number of aromatic nitrogens is 4. The summed E-state index contributed by atoms with van der Waals surface area (Å²) in [5, 5.41) is 7.32. The molecule has 0 aliphatic heterocycles. The molecule has 0 spiro atoms. The van der Waals surface area contributed by atoms with Gasteiger partial charge in [0.15, 0.2) is 5.65 Å². The molecule has 0 saturated heterocycles. The number of ether oxygens (including phenoxy) is 1. The number of hydrogen-bond donors (Lipinski definition) is 2. The van der Waals surface area contributed by atoms with E-state index >= 15 is 0 Å². The number of nitrogens with two attached hydrogens (primary N) is 1. The molecule has 2 rings (SSSR count). The molecule has 0 fully saturated rings. The number of fused-ring (bicyclic) bond motifs is 1. The molecule has 0 amide bonds. The van der Waals surface area contributed by atoms with E-state index in [2.05, 4.69) is 20.2 Å². The summed E-state index contributed by atoms with van der Waals surface area (Å²) < 4.78 is 5.42. The summed E-state index contributed by atoms with van der Waals surface area (Å²) in [5.74, 6) is 0.677. The molecule has 2 aromatic heterocycles. The van der Waals surface area contributed by atoms with E-state index in [4.69, 9.17) is 10.5 Å². The molecule has 0 aliphatic rings. The first-order chi connectivity index (χ1) is 6.81. The van der Waals surface area contributed by atoms with Crippen molar-refractivity contribution < 1.29 is 4.74 Å². The summed E-state index contributed by atoms with van der Waals surface area (Å²) in [7, 11) is 0. The van der Waals surface area contributed by atoms with Gasteiger partial charge in [0.2, 0.25) is 11.8 Å². The molecule has 0 radical (unpaired) electrons. The van der Waals surface area contributed by atoms with Crippen LogP contribution in [0.15, 0.2) is 6.20 Å². The number of rotatable bonds is 3. The number of nitrogen functional groups attached to an aromatic ring is 1. The lowest BCUT2D eigenvalue weighted by Gasteiger charge is -2.04. The third kappa shape index (κ3) is 1.46. The smallest absolute Gasteiger partial charge is 0.229 e. The minimum Gasteiger partial charge on any atom is -0.477 e. The van der Waals surface area contributed by atoms with Crippen LogP contribution in [0.1, 0.15) is 13.3 Å². The maximum absolute atomic E-state index is 5.51. The maximum atomic E-state index is 5.51. The lowest BCUT2D eigenvalue weighted by atomic mass is 10.4. The predicted molar refractivity (Wildman–Crippen MR) is 51.9 cm³/mol. The van der Waals surface area contributed by atoms with Crippen LogP contribution in [0, 0.1) is 0 Å². The molecule has 14 heavy (non-hydrogen) atoms. The minimum absolute atomic E-state index is 0.188. The van der Waals surface area contributed by atoms with Crippen LogP contribution in [0.4, 0.5) is 5.95 Å². The Labute approximate surface area is 80.5 Å². The molecule has 74 valence electrons. The third-order valence-corrected chi connectivity index (χ3v) is 1.73. The fourth-order valence-corrected chi connectivity index (χ4v) is 1.13. The summed E-state index contributed by atoms with van der Waals surface area (Å²) in [6, 6.07) is 0. The topological polar surface area (TPSA) is 89.7 Å². The zero-order chi connectivity index (χ0) is 9.97. The van der Waals surface area contributed by atoms with E-state index in [0.29, 0.717) is 18.1 Å². The second-order valence-corrected chi connectivity index (χ2v) is 2.87. The zero-order valence-electron chi connectivity index (χ0n) is 7.82. The highest BCUT2D eigenvalue weighted by atomic mass is 16.5. The average molecular weight is 193 g/mol. The Hall–Kier alpha value is -1.85. The van der Waals surface area contributed by atoms with E-state index in [0.717, 1.165) is 11.8 Å². The van der Waals surface area contributed by atoms with Gasteiger partial charge in [-0.25, -0.2) is 0 Å². The number of aromatic amines is 1. The standard InChI is InChI=1S/C8H11N5O/c1-2-3-14-7-5-4-10-13-6(5)11-8(9)12-7/h4H,2-3H2,1H3,(H3,9,10,11,12,13). The van der Waals surface area contributed by atoms with Gasteiger partial charge in [0.25, 0.3) is 0 Å². The molecule has 0 unspecified atom stereocenters. The largest absolute Gasteiger partial charge is 0.477 e. The van der Waals surface area contributed by atoms with Crippen LogP contribution in [0.5, 0.6) is 5.88 Å². The van der Waals surface area contributed by atoms with Gasteiger partial charge in [-0.05, 0) is 6.42 Å². The van der Waals surface area contributed by atoms with Gasteiger partial charge < -0.3 is 10.5 Å². The number of anilines is 1. The van der Waals surface area contributed by atoms with Gasteiger partial charge in [-0.2, -0.15) is 15.1 Å². The fraction of sp³-hybridized carbons (Fsp3) is 0.375. The molecule has 6 heteroatoms. The van der Waals surface area contributed by atoms with E-state index in [1.165, 1.54) is 0 Å². The van der Waals surface area contributed by atoms with E-state index in [1.807, 2.05) is 6.92 Å². The van der Waals surface area contributed by atoms with Gasteiger partial charge in [0.05, 0.1) is 12.8 Å². The predicted octanol–water partition coefficient (Wildman–Crippen LogP) is 0.724. The van der Waals surface area contributed by atoms with Crippen molar-refractivity contribution >= 4 is 17.0 Å². The second-order valence-electron chi connectivity index (χ2n) is 2.87. The summed E-state index contributed by atoms with van der Waals surface area (Å²) in [6.07, 6.45) is 2.54. The summed E-state index contributed by atoms with van der Waals surface area (Å²) in [5.41, 5.74) is 6.11. The highest BCUT2D eigenvalue weighted by Gasteiger charge is 2.08. The first-order valence-corrected chi connectivity index (χ1v) is 4.40. The number of nitrogens with zero attached hydrogens (tertiary/aromatic N) is 3. The van der Waals surface area contributed by atoms with Gasteiger partial charge in [-0.1, -0.05) is 6.92 Å². The average Bonchev–Trinajstić information content (AvgIpc) is 2.61. The van der Waals surface area contributed by atoms with Crippen molar-refractivity contribution in [1.82, 2.24) is 20.2 Å². The van der Waals surface area contributed by atoms with E-state index in [-0.39, 0.29) is 5.95 Å². The SMILES string of the molecule is CCCOc1nc(N)nc2[nH]ncc12. The van der Waals surface area contributed by atoms with Crippen molar-refractivity contribution in [3.8, 4) is 5.88 Å². The number of nitrogens with one attached hydrogen (secondary N) is 1. The molecule has 0 saturated carbocycles. The molecule has 0 atom stereocenters. The lowest BCUT2D eigenvalue weighted by Crippen LogP contribution is -2.02. The van der Waals surface area contributed by atoms with Crippen LogP contribution < -0.4 is 10.5 Å². The van der Waals surface area contributed by atoms with Crippen molar-refractivity contribution in [3.05, 3.63) is 6.20 Å². The van der Waals surface area contributed by atoms with Crippen LogP contribution in [0.3, 0.4) is 0 Å². The fourth-order valence-electron chi connectivity index (χ4n) is 1.13. The van der Waals surface area contributed by atoms with Crippen LogP contribution in [0.2, 0.25) is 0 Å². The normalized spacial score (nSPS) is 10.6. The van der Waals surface area contributed by atoms with Gasteiger partial charge in [-0.3, -0.25) is 5.10 Å². The van der Waals surface area contributed by atoms with Crippen molar-refractivity contribution in [2.24, 2.45) is 0 Å². The van der Waals surface area contributed by atoms with E-state index in [1.54, 1.807) is 6.20 Å². The van der Waals surface area contributed by atoms with Gasteiger partial charge in [-0.15, -0.1) is 0 Å². The van der Waals surface area contributed by atoms with Crippen molar-refractivity contribution in [2.75, 3.05) is 12.3 Å². The molecule has 2 heterocycles.